The molecule has 2 rings (SSSR count). The lowest BCUT2D eigenvalue weighted by Gasteiger charge is -2.15. The molecule has 9 nitrogen and oxygen atoms in total. The highest BCUT2D eigenvalue weighted by atomic mass is 35.5. The molecule has 0 radical (unpaired) electrons. The number of hydrogen-bond donors (Lipinski definition) is 3. The van der Waals surface area contributed by atoms with Gasteiger partial charge in [0.1, 0.15) is 11.5 Å². The van der Waals surface area contributed by atoms with Crippen LogP contribution < -0.4 is 16.4 Å². The summed E-state index contributed by atoms with van der Waals surface area (Å²) in [5.41, 5.74) is 6.15. The van der Waals surface area contributed by atoms with Crippen LogP contribution in [0, 0.1) is 18.7 Å². The molecular formula is C15H21ClFN7O2. The molecule has 142 valence electrons. The number of nitrogens with two attached hydrogens (primary N) is 1. The Morgan fingerprint density at radius 3 is 2.62 bits per heavy atom. The molecule has 0 aliphatic heterocycles. The Labute approximate surface area is 155 Å². The first-order chi connectivity index (χ1) is 11.8. The summed E-state index contributed by atoms with van der Waals surface area (Å²) in [7, 11) is 0. The van der Waals surface area contributed by atoms with Gasteiger partial charge >= 0.3 is 0 Å². The first-order valence-corrected chi connectivity index (χ1v) is 7.67. The van der Waals surface area contributed by atoms with Gasteiger partial charge in [-0.25, -0.2) is 4.39 Å². The lowest BCUT2D eigenvalue weighted by Crippen LogP contribution is -2.46. The Morgan fingerprint density at radius 1 is 1.35 bits per heavy atom. The highest BCUT2D eigenvalue weighted by molar-refractivity contribution is 5.95. The van der Waals surface area contributed by atoms with Crippen molar-refractivity contribution in [3.8, 4) is 5.69 Å². The normalized spacial score (nSPS) is 11.6. The fourth-order valence-corrected chi connectivity index (χ4v) is 2.00. The van der Waals surface area contributed by atoms with Crippen molar-refractivity contribution < 1.29 is 14.0 Å². The molecule has 1 aromatic heterocycles. The van der Waals surface area contributed by atoms with Crippen molar-refractivity contribution in [2.45, 2.75) is 26.8 Å². The molecule has 11 heteroatoms. The molecule has 1 heterocycles. The zero-order valence-electron chi connectivity index (χ0n) is 14.6. The van der Waals surface area contributed by atoms with Crippen molar-refractivity contribution in [2.75, 3.05) is 11.9 Å². The molecule has 0 saturated heterocycles. The fraction of sp³-hybridized carbons (Fsp3) is 0.400. The molecular weight excluding hydrogens is 365 g/mol. The number of amides is 2. The van der Waals surface area contributed by atoms with E-state index in [1.165, 1.54) is 22.9 Å². The number of carbonyl (C=O) groups is 2. The van der Waals surface area contributed by atoms with Crippen molar-refractivity contribution >= 4 is 29.9 Å². The van der Waals surface area contributed by atoms with Crippen LogP contribution in [0.1, 0.15) is 19.7 Å². The van der Waals surface area contributed by atoms with Crippen molar-refractivity contribution in [2.24, 2.45) is 11.7 Å². The second-order valence-electron chi connectivity index (χ2n) is 5.84. The summed E-state index contributed by atoms with van der Waals surface area (Å²) in [6, 6.07) is 3.31. The number of carbonyl (C=O) groups excluding carboxylic acids is 2. The number of aromatic nitrogens is 4. The Bertz CT molecular complexity index is 781. The van der Waals surface area contributed by atoms with Crippen LogP contribution in [0.5, 0.6) is 0 Å². The number of tetrazole rings is 1. The Hall–Kier alpha value is -2.59. The average Bonchev–Trinajstić information content (AvgIpc) is 2.99. The van der Waals surface area contributed by atoms with E-state index < -0.39 is 23.7 Å². The average molecular weight is 386 g/mol. The quantitative estimate of drug-likeness (QED) is 0.667. The van der Waals surface area contributed by atoms with Crippen LogP contribution >= 0.6 is 12.4 Å². The second-order valence-corrected chi connectivity index (χ2v) is 5.84. The number of halogens is 2. The van der Waals surface area contributed by atoms with E-state index in [2.05, 4.69) is 26.2 Å². The molecule has 0 spiro atoms. The Morgan fingerprint density at radius 2 is 2.04 bits per heavy atom. The van der Waals surface area contributed by atoms with Gasteiger partial charge in [0.25, 0.3) is 0 Å². The van der Waals surface area contributed by atoms with Crippen LogP contribution in [0.3, 0.4) is 0 Å². The summed E-state index contributed by atoms with van der Waals surface area (Å²) < 4.78 is 15.2. The standard InChI is InChI=1S/C15H20FN7O2.ClH/c1-8(2)14(17)15(25)18-7-13(24)19-10-4-5-11(16)12(6-10)23-9(3)20-21-22-23;/h4-6,8,14H,7,17H2,1-3H3,(H,18,25)(H,19,24);1H/t14-;/m0./s1. The molecule has 0 aliphatic rings. The highest BCUT2D eigenvalue weighted by Crippen LogP contribution is 2.18. The van der Waals surface area contributed by atoms with Gasteiger partial charge in [-0.05, 0) is 41.5 Å². The van der Waals surface area contributed by atoms with Crippen LogP contribution in [0.15, 0.2) is 18.2 Å². The van der Waals surface area contributed by atoms with Crippen molar-refractivity contribution in [1.82, 2.24) is 25.5 Å². The van der Waals surface area contributed by atoms with Gasteiger partial charge in [0.05, 0.1) is 12.6 Å². The highest BCUT2D eigenvalue weighted by Gasteiger charge is 2.18. The van der Waals surface area contributed by atoms with Gasteiger partial charge in [-0.2, -0.15) is 4.68 Å². The van der Waals surface area contributed by atoms with Gasteiger partial charge in [-0.15, -0.1) is 17.5 Å². The van der Waals surface area contributed by atoms with Crippen LogP contribution in [-0.2, 0) is 9.59 Å². The van der Waals surface area contributed by atoms with E-state index >= 15 is 0 Å². The first kappa shape index (κ1) is 21.5. The van der Waals surface area contributed by atoms with Gasteiger partial charge in [0, 0.05) is 5.69 Å². The van der Waals surface area contributed by atoms with Gasteiger partial charge < -0.3 is 16.4 Å². The minimum absolute atomic E-state index is 0. The van der Waals surface area contributed by atoms with Gasteiger partial charge in [0.2, 0.25) is 11.8 Å². The molecule has 1 atom stereocenters. The topological polar surface area (TPSA) is 128 Å². The van der Waals surface area contributed by atoms with Crippen LogP contribution in [0.4, 0.5) is 10.1 Å². The molecule has 0 fully saturated rings. The van der Waals surface area contributed by atoms with Crippen LogP contribution in [-0.4, -0.2) is 44.6 Å². The Kier molecular flexibility index (Phi) is 7.59. The summed E-state index contributed by atoms with van der Waals surface area (Å²) in [5.74, 6) is -1.05. The molecule has 26 heavy (non-hydrogen) atoms. The maximum Gasteiger partial charge on any atom is 0.243 e. The number of benzene rings is 1. The van der Waals surface area contributed by atoms with Crippen LogP contribution in [0.2, 0.25) is 0 Å². The van der Waals surface area contributed by atoms with Crippen molar-refractivity contribution in [3.05, 3.63) is 29.8 Å². The molecule has 2 aromatic rings. The predicted octanol–water partition coefficient (Wildman–Crippen LogP) is 0.570. The number of hydrogen-bond acceptors (Lipinski definition) is 6. The largest absolute Gasteiger partial charge is 0.346 e. The third-order valence-corrected chi connectivity index (χ3v) is 3.53. The third-order valence-electron chi connectivity index (χ3n) is 3.53. The zero-order valence-corrected chi connectivity index (χ0v) is 15.4. The number of nitrogens with one attached hydrogen (secondary N) is 2. The number of anilines is 1. The Balaban J connectivity index is 0.00000338. The smallest absolute Gasteiger partial charge is 0.243 e. The molecule has 0 aliphatic carbocycles. The summed E-state index contributed by atoms with van der Waals surface area (Å²) in [4.78, 5) is 23.7. The summed E-state index contributed by atoms with van der Waals surface area (Å²) in [6.45, 7) is 5.00. The molecule has 0 bridgehead atoms. The number of rotatable bonds is 6. The monoisotopic (exact) mass is 385 g/mol. The number of aryl methyl sites for hydroxylation is 1. The van der Waals surface area contributed by atoms with Gasteiger partial charge in [0.15, 0.2) is 5.82 Å². The molecule has 2 amide bonds. The number of nitrogens with zero attached hydrogens (tertiary/aromatic N) is 4. The zero-order chi connectivity index (χ0) is 18.6. The van der Waals surface area contributed by atoms with Crippen molar-refractivity contribution in [1.29, 1.82) is 0 Å². The van der Waals surface area contributed by atoms with E-state index in [4.69, 9.17) is 5.73 Å². The maximum absolute atomic E-state index is 14.0. The minimum atomic E-state index is -0.687. The van der Waals surface area contributed by atoms with E-state index in [-0.39, 0.29) is 30.6 Å². The summed E-state index contributed by atoms with van der Waals surface area (Å²) in [5, 5.41) is 15.9. The van der Waals surface area contributed by atoms with E-state index in [0.29, 0.717) is 11.5 Å². The summed E-state index contributed by atoms with van der Waals surface area (Å²) >= 11 is 0. The van der Waals surface area contributed by atoms with Crippen molar-refractivity contribution in [3.63, 3.8) is 0 Å². The lowest BCUT2D eigenvalue weighted by atomic mass is 10.1. The third kappa shape index (κ3) is 5.20. The molecule has 0 saturated carbocycles. The minimum Gasteiger partial charge on any atom is -0.346 e. The van der Waals surface area contributed by atoms with E-state index in [1.54, 1.807) is 6.92 Å². The second kappa shape index (κ2) is 9.20. The maximum atomic E-state index is 14.0. The first-order valence-electron chi connectivity index (χ1n) is 7.67. The van der Waals surface area contributed by atoms with E-state index in [1.807, 2.05) is 13.8 Å². The van der Waals surface area contributed by atoms with E-state index in [0.717, 1.165) is 0 Å². The molecule has 1 aromatic carbocycles. The SMILES string of the molecule is Cc1nnnn1-c1cc(NC(=O)CNC(=O)[C@@H](N)C(C)C)ccc1F.Cl. The molecule has 0 unspecified atom stereocenters. The lowest BCUT2D eigenvalue weighted by molar-refractivity contribution is -0.125. The molecule has 4 N–H and O–H groups in total. The van der Waals surface area contributed by atoms with Gasteiger partial charge in [-0.3, -0.25) is 9.59 Å². The fourth-order valence-electron chi connectivity index (χ4n) is 2.00. The summed E-state index contributed by atoms with van der Waals surface area (Å²) in [6.07, 6.45) is 0. The van der Waals surface area contributed by atoms with E-state index in [9.17, 15) is 14.0 Å². The van der Waals surface area contributed by atoms with Gasteiger partial charge in [-0.1, -0.05) is 13.8 Å². The van der Waals surface area contributed by atoms with Crippen LogP contribution in [0.25, 0.3) is 5.69 Å². The predicted molar refractivity (Wildman–Crippen MR) is 95.5 cm³/mol.